The predicted octanol–water partition coefficient (Wildman–Crippen LogP) is 23.7. The summed E-state index contributed by atoms with van der Waals surface area (Å²) in [7, 11) is 1.25. The molecule has 0 spiro atoms. The molecule has 2 N–H and O–H groups in total. The first-order valence-corrected chi connectivity index (χ1v) is 39.1. The number of phosphoric ester groups is 1. The van der Waals surface area contributed by atoms with Crippen LogP contribution in [0.25, 0.3) is 0 Å². The monoisotopic (exact) mass is 1230 g/mol. The summed E-state index contributed by atoms with van der Waals surface area (Å²) in [5.41, 5.74) is 0. The first-order valence-electron chi connectivity index (χ1n) is 37.7. The van der Waals surface area contributed by atoms with Crippen LogP contribution in [0.1, 0.15) is 373 Å². The van der Waals surface area contributed by atoms with Crippen LogP contribution in [0.5, 0.6) is 0 Å². The van der Waals surface area contributed by atoms with E-state index in [4.69, 9.17) is 9.05 Å². The third-order valence-corrected chi connectivity index (χ3v) is 18.1. The molecular formula is C77H147N2O6P. The molecule has 0 saturated heterocycles. The van der Waals surface area contributed by atoms with Gasteiger partial charge in [0.05, 0.1) is 39.9 Å². The highest BCUT2D eigenvalue weighted by atomic mass is 31.2. The number of likely N-dealkylation sites (N-methyl/N-ethyl adjacent to an activating group) is 1. The molecule has 8 nitrogen and oxygen atoms in total. The maximum absolute atomic E-state index is 13.0. The Hall–Kier alpha value is -1.80. The van der Waals surface area contributed by atoms with Crippen molar-refractivity contribution < 1.29 is 32.9 Å². The topological polar surface area (TPSA) is 108 Å². The Kier molecular flexibility index (Phi) is 66.2. The van der Waals surface area contributed by atoms with Gasteiger partial charge >= 0.3 is 0 Å². The molecule has 0 saturated carbocycles. The molecule has 0 aliphatic carbocycles. The SMILES string of the molecule is CCCCCCC/C=C\C/C=C\CCCCCCCCCCCCCCCCCCCCCCCCCCCCCCCC(=O)NC(COP(=O)([O-])OCC[N+](C)(C)C)C(O)/C=C/CC/C=C/CC/C=C/CCCCCCCCCCCCCCC. The van der Waals surface area contributed by atoms with E-state index in [9.17, 15) is 19.4 Å². The number of aliphatic hydroxyl groups is 1. The lowest BCUT2D eigenvalue weighted by atomic mass is 10.0. The van der Waals surface area contributed by atoms with E-state index >= 15 is 0 Å². The van der Waals surface area contributed by atoms with E-state index < -0.39 is 26.6 Å². The summed E-state index contributed by atoms with van der Waals surface area (Å²) in [6, 6.07) is -0.911. The minimum absolute atomic E-state index is 0.00820. The molecule has 0 aromatic rings. The van der Waals surface area contributed by atoms with Gasteiger partial charge in [0.15, 0.2) is 0 Å². The summed E-state index contributed by atoms with van der Waals surface area (Å²) >= 11 is 0. The normalized spacial score (nSPS) is 13.9. The highest BCUT2D eigenvalue weighted by Gasteiger charge is 2.23. The minimum atomic E-state index is -4.62. The number of unbranched alkanes of at least 4 members (excludes halogenated alkanes) is 49. The van der Waals surface area contributed by atoms with Gasteiger partial charge in [-0.1, -0.05) is 351 Å². The zero-order valence-corrected chi connectivity index (χ0v) is 58.9. The van der Waals surface area contributed by atoms with Crippen molar-refractivity contribution in [3.63, 3.8) is 0 Å². The summed E-state index contributed by atoms with van der Waals surface area (Å²) in [6.07, 6.45) is 93.8. The first-order chi connectivity index (χ1) is 42.0. The number of phosphoric acid groups is 1. The third kappa shape index (κ3) is 69.7. The van der Waals surface area contributed by atoms with E-state index in [1.54, 1.807) is 6.08 Å². The van der Waals surface area contributed by atoms with Crippen molar-refractivity contribution in [2.24, 2.45) is 0 Å². The van der Waals surface area contributed by atoms with Crippen LogP contribution >= 0.6 is 7.82 Å². The number of hydrogen-bond donors (Lipinski definition) is 2. The van der Waals surface area contributed by atoms with Crippen LogP contribution < -0.4 is 10.2 Å². The molecule has 1 amide bonds. The molecule has 0 fully saturated rings. The molecule has 506 valence electrons. The Morgan fingerprint density at radius 3 is 1.01 bits per heavy atom. The number of nitrogens with zero attached hydrogens (tertiary/aromatic N) is 1. The number of hydrogen-bond acceptors (Lipinski definition) is 6. The van der Waals surface area contributed by atoms with Crippen molar-refractivity contribution in [3.8, 4) is 0 Å². The fourth-order valence-electron chi connectivity index (χ4n) is 11.3. The standard InChI is InChI=1S/C77H147N2O6P/c1-6-8-10-12-14-16-18-20-22-24-26-28-30-31-32-33-34-35-36-37-38-39-40-41-42-43-44-45-46-47-49-51-53-55-57-59-61-63-65-67-69-71-77(81)78-75(74-85-86(82,83)84-73-72-79(3,4)5)76(80)70-68-66-64-62-60-58-56-54-52-50-48-29-27-25-23-21-19-17-15-13-11-9-7-2/h18,20,24,26,52,54,60,62,68,70,75-76,80H,6-17,19,21-23,25,27-51,53,55-59,61,63-67,69,71-74H2,1-5H3,(H-,78,81,82,83)/b20-18-,26-24-,54-52+,62-60+,70-68+. The lowest BCUT2D eigenvalue weighted by Gasteiger charge is -2.29. The second-order valence-corrected chi connectivity index (χ2v) is 28.4. The van der Waals surface area contributed by atoms with Crippen LogP contribution in [0.15, 0.2) is 60.8 Å². The molecule has 0 radical (unpaired) electrons. The van der Waals surface area contributed by atoms with Crippen LogP contribution in [0.2, 0.25) is 0 Å². The van der Waals surface area contributed by atoms with Gasteiger partial charge in [-0.2, -0.15) is 0 Å². The average Bonchev–Trinajstić information content (AvgIpc) is 3.70. The summed E-state index contributed by atoms with van der Waals surface area (Å²) in [4.78, 5) is 25.6. The lowest BCUT2D eigenvalue weighted by molar-refractivity contribution is -0.870. The maximum atomic E-state index is 13.0. The Bertz CT molecular complexity index is 1590. The number of carbonyl (C=O) groups is 1. The second kappa shape index (κ2) is 67.6. The van der Waals surface area contributed by atoms with Crippen molar-refractivity contribution in [2.75, 3.05) is 40.9 Å². The quantitative estimate of drug-likeness (QED) is 0.0272. The second-order valence-electron chi connectivity index (χ2n) is 27.0. The lowest BCUT2D eigenvalue weighted by Crippen LogP contribution is -2.45. The molecule has 3 atom stereocenters. The van der Waals surface area contributed by atoms with E-state index in [2.05, 4.69) is 67.8 Å². The van der Waals surface area contributed by atoms with Gasteiger partial charge in [0.2, 0.25) is 5.91 Å². The average molecular weight is 1230 g/mol. The Morgan fingerprint density at radius 1 is 0.407 bits per heavy atom. The molecular weight excluding hydrogens is 1080 g/mol. The largest absolute Gasteiger partial charge is 0.756 e. The number of aliphatic hydroxyl groups excluding tert-OH is 1. The third-order valence-electron chi connectivity index (χ3n) is 17.2. The molecule has 0 heterocycles. The van der Waals surface area contributed by atoms with E-state index in [1.807, 2.05) is 27.2 Å². The smallest absolute Gasteiger partial charge is 0.268 e. The maximum Gasteiger partial charge on any atom is 0.268 e. The first kappa shape index (κ1) is 84.2. The zero-order valence-electron chi connectivity index (χ0n) is 58.0. The van der Waals surface area contributed by atoms with E-state index in [0.29, 0.717) is 17.4 Å². The Labute approximate surface area is 536 Å². The molecule has 0 aliphatic rings. The number of rotatable bonds is 70. The van der Waals surface area contributed by atoms with Crippen molar-refractivity contribution >= 4 is 13.7 Å². The van der Waals surface area contributed by atoms with Crippen LogP contribution in [-0.2, 0) is 18.4 Å². The highest BCUT2D eigenvalue weighted by Crippen LogP contribution is 2.38. The van der Waals surface area contributed by atoms with Gasteiger partial charge in [-0.05, 0) is 77.0 Å². The number of allylic oxidation sites excluding steroid dienone is 9. The van der Waals surface area contributed by atoms with Crippen molar-refractivity contribution in [1.82, 2.24) is 5.32 Å². The van der Waals surface area contributed by atoms with Crippen LogP contribution in [0.4, 0.5) is 0 Å². The van der Waals surface area contributed by atoms with Gasteiger partial charge in [0, 0.05) is 6.42 Å². The van der Waals surface area contributed by atoms with Crippen LogP contribution in [0.3, 0.4) is 0 Å². The fourth-order valence-corrected chi connectivity index (χ4v) is 12.1. The molecule has 0 aromatic heterocycles. The van der Waals surface area contributed by atoms with Gasteiger partial charge in [-0.25, -0.2) is 0 Å². The molecule has 3 unspecified atom stereocenters. The Morgan fingerprint density at radius 2 is 0.686 bits per heavy atom. The summed E-state index contributed by atoms with van der Waals surface area (Å²) in [5.74, 6) is -0.205. The molecule has 0 aliphatic heterocycles. The van der Waals surface area contributed by atoms with E-state index in [1.165, 1.54) is 302 Å². The van der Waals surface area contributed by atoms with Gasteiger partial charge in [-0.15, -0.1) is 0 Å². The summed E-state index contributed by atoms with van der Waals surface area (Å²) in [5, 5.41) is 13.9. The van der Waals surface area contributed by atoms with Gasteiger partial charge < -0.3 is 28.8 Å². The van der Waals surface area contributed by atoms with Crippen molar-refractivity contribution in [3.05, 3.63) is 60.8 Å². The van der Waals surface area contributed by atoms with Crippen molar-refractivity contribution in [1.29, 1.82) is 0 Å². The number of quaternary nitrogens is 1. The number of carbonyl (C=O) groups excluding carboxylic acids is 1. The minimum Gasteiger partial charge on any atom is -0.756 e. The number of nitrogens with one attached hydrogen (secondary N) is 1. The number of amides is 1. The van der Waals surface area contributed by atoms with Gasteiger partial charge in [0.25, 0.3) is 7.82 Å². The molecule has 86 heavy (non-hydrogen) atoms. The predicted molar refractivity (Wildman–Crippen MR) is 376 cm³/mol. The van der Waals surface area contributed by atoms with Gasteiger partial charge in [-0.3, -0.25) is 9.36 Å². The fraction of sp³-hybridized carbons (Fsp3) is 0.857. The molecule has 0 rings (SSSR count). The molecule has 9 heteroatoms. The summed E-state index contributed by atoms with van der Waals surface area (Å²) < 4.78 is 23.4. The van der Waals surface area contributed by atoms with Crippen LogP contribution in [-0.4, -0.2) is 68.5 Å². The summed E-state index contributed by atoms with van der Waals surface area (Å²) in [6.45, 7) is 4.66. The molecule has 0 bridgehead atoms. The van der Waals surface area contributed by atoms with Crippen molar-refractivity contribution in [2.45, 2.75) is 386 Å². The highest BCUT2D eigenvalue weighted by molar-refractivity contribution is 7.45. The van der Waals surface area contributed by atoms with Crippen LogP contribution in [0, 0.1) is 0 Å². The van der Waals surface area contributed by atoms with E-state index in [-0.39, 0.29) is 12.5 Å². The zero-order chi connectivity index (χ0) is 62.6. The molecule has 0 aromatic carbocycles. The van der Waals surface area contributed by atoms with E-state index in [0.717, 1.165) is 51.4 Å². The van der Waals surface area contributed by atoms with Gasteiger partial charge in [0.1, 0.15) is 13.2 Å². The Balaban J connectivity index is 3.95.